The van der Waals surface area contributed by atoms with Crippen LogP contribution in [0.25, 0.3) is 5.65 Å². The third-order valence-corrected chi connectivity index (χ3v) is 5.45. The van der Waals surface area contributed by atoms with Gasteiger partial charge in [-0.2, -0.15) is 0 Å². The second-order valence-electron chi connectivity index (χ2n) is 7.24. The first-order valence-corrected chi connectivity index (χ1v) is 8.82. The summed E-state index contributed by atoms with van der Waals surface area (Å²) in [6.07, 6.45) is 5.52. The number of pyridine rings is 1. The number of carbonyl (C=O) groups is 1. The smallest absolute Gasteiger partial charge is 0.317 e. The maximum Gasteiger partial charge on any atom is 0.317 e. The maximum absolute atomic E-state index is 12.6. The summed E-state index contributed by atoms with van der Waals surface area (Å²) in [5.74, 6) is 0. The van der Waals surface area contributed by atoms with Crippen molar-refractivity contribution in [1.82, 2.24) is 24.9 Å². The van der Waals surface area contributed by atoms with Crippen LogP contribution >= 0.6 is 0 Å². The molecule has 4 heterocycles. The Hall–Kier alpha value is -2.08. The Morgan fingerprint density at radius 3 is 3.12 bits per heavy atom. The van der Waals surface area contributed by atoms with Gasteiger partial charge in [0.1, 0.15) is 5.65 Å². The van der Waals surface area contributed by atoms with Gasteiger partial charge in [-0.05, 0) is 44.9 Å². The molecule has 2 aromatic heterocycles. The number of aromatic nitrogens is 2. The van der Waals surface area contributed by atoms with Gasteiger partial charge in [-0.25, -0.2) is 9.78 Å². The van der Waals surface area contributed by atoms with Gasteiger partial charge in [0, 0.05) is 36.9 Å². The van der Waals surface area contributed by atoms with Gasteiger partial charge in [0.15, 0.2) is 0 Å². The largest absolute Gasteiger partial charge is 0.332 e. The predicted molar refractivity (Wildman–Crippen MR) is 92.9 cm³/mol. The number of carbonyl (C=O) groups excluding carboxylic acids is 1. The minimum atomic E-state index is 0.0368. The van der Waals surface area contributed by atoms with Crippen molar-refractivity contribution >= 4 is 11.7 Å². The zero-order valence-corrected chi connectivity index (χ0v) is 14.2. The molecule has 2 saturated heterocycles. The van der Waals surface area contributed by atoms with Crippen molar-refractivity contribution in [2.45, 2.75) is 32.7 Å². The van der Waals surface area contributed by atoms with Crippen LogP contribution in [-0.4, -0.2) is 46.5 Å². The van der Waals surface area contributed by atoms with Crippen LogP contribution in [0.4, 0.5) is 4.79 Å². The molecule has 2 N–H and O–H groups in total. The van der Waals surface area contributed by atoms with Crippen LogP contribution in [0.3, 0.4) is 0 Å². The molecule has 6 heteroatoms. The Morgan fingerprint density at radius 1 is 1.42 bits per heavy atom. The lowest BCUT2D eigenvalue weighted by molar-refractivity contribution is 0.118. The molecule has 2 aliphatic rings. The average molecular weight is 327 g/mol. The molecule has 0 aromatic carbocycles. The lowest BCUT2D eigenvalue weighted by Gasteiger charge is -2.39. The van der Waals surface area contributed by atoms with Crippen molar-refractivity contribution in [2.24, 2.45) is 5.41 Å². The summed E-state index contributed by atoms with van der Waals surface area (Å²) >= 11 is 0. The molecule has 0 aliphatic carbocycles. The van der Waals surface area contributed by atoms with Crippen LogP contribution in [0, 0.1) is 12.3 Å². The lowest BCUT2D eigenvalue weighted by Crippen LogP contribution is -2.50. The highest BCUT2D eigenvalue weighted by Crippen LogP contribution is 2.35. The van der Waals surface area contributed by atoms with Crippen LogP contribution in [0.2, 0.25) is 0 Å². The Morgan fingerprint density at radius 2 is 2.33 bits per heavy atom. The van der Waals surface area contributed by atoms with Gasteiger partial charge in [0.05, 0.1) is 12.2 Å². The molecule has 2 aliphatic heterocycles. The first-order chi connectivity index (χ1) is 11.7. The Balaban J connectivity index is 1.39. The molecule has 6 nitrogen and oxygen atoms in total. The Bertz CT molecular complexity index is 747. The zero-order chi connectivity index (χ0) is 16.6. The predicted octanol–water partition coefficient (Wildman–Crippen LogP) is 1.93. The molecule has 2 fully saturated rings. The molecule has 0 saturated carbocycles. The summed E-state index contributed by atoms with van der Waals surface area (Å²) in [5, 5.41) is 6.50. The number of hydrogen-bond donors (Lipinski definition) is 2. The van der Waals surface area contributed by atoms with E-state index in [1.54, 1.807) is 0 Å². The van der Waals surface area contributed by atoms with E-state index in [4.69, 9.17) is 0 Å². The highest BCUT2D eigenvalue weighted by atomic mass is 16.2. The fourth-order valence-electron chi connectivity index (χ4n) is 4.09. The minimum absolute atomic E-state index is 0.0368. The maximum atomic E-state index is 12.6. The van der Waals surface area contributed by atoms with E-state index >= 15 is 0 Å². The van der Waals surface area contributed by atoms with Crippen molar-refractivity contribution in [3.8, 4) is 0 Å². The van der Waals surface area contributed by atoms with Crippen molar-refractivity contribution in [3.63, 3.8) is 0 Å². The molecular formula is C18H25N5O. The molecule has 1 unspecified atom stereocenters. The molecule has 128 valence electrons. The van der Waals surface area contributed by atoms with Crippen LogP contribution in [0.5, 0.6) is 0 Å². The van der Waals surface area contributed by atoms with Crippen molar-refractivity contribution in [1.29, 1.82) is 0 Å². The number of rotatable bonds is 2. The monoisotopic (exact) mass is 327 g/mol. The van der Waals surface area contributed by atoms with E-state index in [0.29, 0.717) is 12.0 Å². The summed E-state index contributed by atoms with van der Waals surface area (Å²) in [4.78, 5) is 19.1. The van der Waals surface area contributed by atoms with E-state index in [9.17, 15) is 4.79 Å². The van der Waals surface area contributed by atoms with Crippen molar-refractivity contribution in [3.05, 3.63) is 35.8 Å². The van der Waals surface area contributed by atoms with E-state index in [-0.39, 0.29) is 6.03 Å². The quantitative estimate of drug-likeness (QED) is 0.886. The van der Waals surface area contributed by atoms with E-state index in [2.05, 4.69) is 33.0 Å². The standard InChI is InChI=1S/C18H25N5O/c1-14-4-2-5-16-21-15(11-23(14)16)10-20-17(24)22-9-3-6-18(13-22)7-8-19-12-18/h2,4-5,11,19H,3,6-10,12-13H2,1H3,(H,20,24). The van der Waals surface area contributed by atoms with Crippen LogP contribution < -0.4 is 10.6 Å². The van der Waals surface area contributed by atoms with Gasteiger partial charge in [0.2, 0.25) is 0 Å². The highest BCUT2D eigenvalue weighted by Gasteiger charge is 2.39. The molecule has 24 heavy (non-hydrogen) atoms. The average Bonchev–Trinajstić information content (AvgIpc) is 3.20. The van der Waals surface area contributed by atoms with E-state index < -0.39 is 0 Å². The van der Waals surface area contributed by atoms with Crippen LogP contribution in [-0.2, 0) is 6.54 Å². The summed E-state index contributed by atoms with van der Waals surface area (Å²) in [6.45, 7) is 6.38. The van der Waals surface area contributed by atoms with Crippen LogP contribution in [0.1, 0.15) is 30.7 Å². The number of hydrogen-bond acceptors (Lipinski definition) is 3. The molecule has 0 radical (unpaired) electrons. The first kappa shape index (κ1) is 15.4. The molecular weight excluding hydrogens is 302 g/mol. The number of imidazole rings is 1. The Labute approximate surface area is 142 Å². The molecule has 4 rings (SSSR count). The number of piperidine rings is 1. The fraction of sp³-hybridized carbons (Fsp3) is 0.556. The van der Waals surface area contributed by atoms with E-state index in [1.165, 1.54) is 12.8 Å². The molecule has 2 amide bonds. The third-order valence-electron chi connectivity index (χ3n) is 5.45. The fourth-order valence-corrected chi connectivity index (χ4v) is 4.09. The topological polar surface area (TPSA) is 61.7 Å². The van der Waals surface area contributed by atoms with Gasteiger partial charge in [0.25, 0.3) is 0 Å². The summed E-state index contributed by atoms with van der Waals surface area (Å²) < 4.78 is 2.06. The SMILES string of the molecule is Cc1cccc2nc(CNC(=O)N3CCCC4(CCNC4)C3)cn12. The Kier molecular flexibility index (Phi) is 3.92. The van der Waals surface area contributed by atoms with Crippen molar-refractivity contribution < 1.29 is 4.79 Å². The van der Waals surface area contributed by atoms with Gasteiger partial charge < -0.3 is 19.9 Å². The molecule has 2 aromatic rings. The molecule has 1 atom stereocenters. The van der Waals surface area contributed by atoms with Gasteiger partial charge in [-0.15, -0.1) is 0 Å². The molecule has 0 bridgehead atoms. The number of fused-ring (bicyclic) bond motifs is 1. The third kappa shape index (κ3) is 2.86. The minimum Gasteiger partial charge on any atom is -0.332 e. The van der Waals surface area contributed by atoms with Gasteiger partial charge >= 0.3 is 6.03 Å². The number of nitrogens with one attached hydrogen (secondary N) is 2. The number of amides is 2. The summed E-state index contributed by atoms with van der Waals surface area (Å²) in [6, 6.07) is 6.08. The van der Waals surface area contributed by atoms with Gasteiger partial charge in [-0.1, -0.05) is 6.07 Å². The molecule has 1 spiro atoms. The number of likely N-dealkylation sites (tertiary alicyclic amines) is 1. The van der Waals surface area contributed by atoms with Gasteiger partial charge in [-0.3, -0.25) is 0 Å². The van der Waals surface area contributed by atoms with E-state index in [0.717, 1.165) is 49.6 Å². The second-order valence-corrected chi connectivity index (χ2v) is 7.24. The van der Waals surface area contributed by atoms with Crippen molar-refractivity contribution in [2.75, 3.05) is 26.2 Å². The summed E-state index contributed by atoms with van der Waals surface area (Å²) in [7, 11) is 0. The second kappa shape index (κ2) is 6.09. The number of aryl methyl sites for hydroxylation is 1. The number of nitrogens with zero attached hydrogens (tertiary/aromatic N) is 3. The summed E-state index contributed by atoms with van der Waals surface area (Å²) in [5.41, 5.74) is 3.26. The normalized spacial score (nSPS) is 24.0. The number of urea groups is 1. The zero-order valence-electron chi connectivity index (χ0n) is 14.2. The highest BCUT2D eigenvalue weighted by molar-refractivity contribution is 5.74. The first-order valence-electron chi connectivity index (χ1n) is 8.82. The van der Waals surface area contributed by atoms with Crippen LogP contribution in [0.15, 0.2) is 24.4 Å². The lowest BCUT2D eigenvalue weighted by atomic mass is 9.79. The van der Waals surface area contributed by atoms with E-state index in [1.807, 2.05) is 23.2 Å².